The number of rotatable bonds is 6. The second-order valence-electron chi connectivity index (χ2n) is 7.51. The van der Waals surface area contributed by atoms with Gasteiger partial charge in [-0.25, -0.2) is 0 Å². The standard InChI is InChI=1S/C27H24BrNO2/c1-18-11-12-25(19(2)13-18)29-16-20-14-24(28)27(26(15-20)30-3)31-17-22-9-6-8-21-7-4-5-10-23(21)22/h4-16H,17H2,1-3H3. The summed E-state index contributed by atoms with van der Waals surface area (Å²) in [5.41, 5.74) is 5.40. The van der Waals surface area contributed by atoms with Gasteiger partial charge in [-0.3, -0.25) is 4.99 Å². The van der Waals surface area contributed by atoms with Crippen LogP contribution in [-0.2, 0) is 6.61 Å². The van der Waals surface area contributed by atoms with Gasteiger partial charge in [0.1, 0.15) is 6.61 Å². The van der Waals surface area contributed by atoms with Crippen LogP contribution in [0.1, 0.15) is 22.3 Å². The van der Waals surface area contributed by atoms with Gasteiger partial charge in [-0.15, -0.1) is 0 Å². The van der Waals surface area contributed by atoms with Crippen LogP contribution < -0.4 is 9.47 Å². The number of halogens is 1. The van der Waals surface area contributed by atoms with Crippen LogP contribution in [0.5, 0.6) is 11.5 Å². The van der Waals surface area contributed by atoms with Crippen LogP contribution in [0.2, 0.25) is 0 Å². The highest BCUT2D eigenvalue weighted by atomic mass is 79.9. The molecule has 31 heavy (non-hydrogen) atoms. The van der Waals surface area contributed by atoms with E-state index in [1.165, 1.54) is 16.3 Å². The number of benzene rings is 4. The molecule has 4 aromatic carbocycles. The van der Waals surface area contributed by atoms with Crippen molar-refractivity contribution in [2.24, 2.45) is 4.99 Å². The van der Waals surface area contributed by atoms with Crippen LogP contribution in [0.4, 0.5) is 5.69 Å². The molecule has 0 bridgehead atoms. The van der Waals surface area contributed by atoms with E-state index in [-0.39, 0.29) is 0 Å². The van der Waals surface area contributed by atoms with E-state index in [1.807, 2.05) is 36.5 Å². The Kier molecular flexibility index (Phi) is 6.38. The molecule has 0 atom stereocenters. The summed E-state index contributed by atoms with van der Waals surface area (Å²) in [6.07, 6.45) is 1.85. The minimum absolute atomic E-state index is 0.451. The molecule has 0 aliphatic heterocycles. The molecule has 0 amide bonds. The van der Waals surface area contributed by atoms with Gasteiger partial charge in [0.25, 0.3) is 0 Å². The smallest absolute Gasteiger partial charge is 0.175 e. The normalized spacial score (nSPS) is 11.2. The lowest BCUT2D eigenvalue weighted by Gasteiger charge is -2.14. The molecule has 0 aliphatic carbocycles. The predicted octanol–water partition coefficient (Wildman–Crippen LogP) is 7.56. The lowest BCUT2D eigenvalue weighted by Crippen LogP contribution is -2.00. The molecule has 0 N–H and O–H groups in total. The largest absolute Gasteiger partial charge is 0.493 e. The number of nitrogens with zero attached hydrogens (tertiary/aromatic N) is 1. The van der Waals surface area contributed by atoms with Gasteiger partial charge in [-0.05, 0) is 75.4 Å². The highest BCUT2D eigenvalue weighted by Gasteiger charge is 2.12. The lowest BCUT2D eigenvalue weighted by atomic mass is 10.1. The predicted molar refractivity (Wildman–Crippen MR) is 132 cm³/mol. The van der Waals surface area contributed by atoms with E-state index in [0.717, 1.165) is 26.9 Å². The molecule has 0 spiro atoms. The average molecular weight is 474 g/mol. The number of aryl methyl sites for hydroxylation is 2. The number of fused-ring (bicyclic) bond motifs is 1. The van der Waals surface area contributed by atoms with Gasteiger partial charge in [0.15, 0.2) is 11.5 Å². The SMILES string of the molecule is COc1cc(C=Nc2ccc(C)cc2C)cc(Br)c1OCc1cccc2ccccc12. The van der Waals surface area contributed by atoms with E-state index in [1.54, 1.807) is 7.11 Å². The first-order valence-electron chi connectivity index (χ1n) is 10.1. The number of hydrogen-bond acceptors (Lipinski definition) is 3. The maximum atomic E-state index is 6.19. The highest BCUT2D eigenvalue weighted by molar-refractivity contribution is 9.10. The van der Waals surface area contributed by atoms with Gasteiger partial charge >= 0.3 is 0 Å². The van der Waals surface area contributed by atoms with Crippen molar-refractivity contribution in [1.29, 1.82) is 0 Å². The first kappa shape index (κ1) is 21.1. The van der Waals surface area contributed by atoms with Crippen LogP contribution in [0, 0.1) is 13.8 Å². The van der Waals surface area contributed by atoms with Crippen molar-refractivity contribution in [2.45, 2.75) is 20.5 Å². The second kappa shape index (κ2) is 9.36. The molecule has 4 heteroatoms. The molecule has 0 saturated heterocycles. The number of aliphatic imine (C=N–C) groups is 1. The molecule has 0 aliphatic rings. The van der Waals surface area contributed by atoms with E-state index in [0.29, 0.717) is 18.1 Å². The molecule has 0 unspecified atom stereocenters. The first-order valence-corrected chi connectivity index (χ1v) is 10.9. The molecule has 0 saturated carbocycles. The van der Waals surface area contributed by atoms with Crippen molar-refractivity contribution >= 4 is 38.6 Å². The van der Waals surface area contributed by atoms with Crippen molar-refractivity contribution in [1.82, 2.24) is 0 Å². The minimum Gasteiger partial charge on any atom is -0.493 e. The summed E-state index contributed by atoms with van der Waals surface area (Å²) in [5, 5.41) is 2.39. The Balaban J connectivity index is 1.58. The molecule has 0 radical (unpaired) electrons. The van der Waals surface area contributed by atoms with Crippen LogP contribution in [-0.4, -0.2) is 13.3 Å². The Bertz CT molecular complexity index is 1260. The third kappa shape index (κ3) is 4.80. The molecule has 0 fully saturated rings. The van der Waals surface area contributed by atoms with Gasteiger partial charge < -0.3 is 9.47 Å². The summed E-state index contributed by atoms with van der Waals surface area (Å²) in [4.78, 5) is 4.65. The topological polar surface area (TPSA) is 30.8 Å². The van der Waals surface area contributed by atoms with Crippen LogP contribution in [0.25, 0.3) is 10.8 Å². The third-order valence-corrected chi connectivity index (χ3v) is 5.80. The zero-order chi connectivity index (χ0) is 21.8. The summed E-state index contributed by atoms with van der Waals surface area (Å²) in [6, 6.07) is 24.8. The van der Waals surface area contributed by atoms with E-state index in [9.17, 15) is 0 Å². The molecule has 0 heterocycles. The lowest BCUT2D eigenvalue weighted by molar-refractivity contribution is 0.283. The fourth-order valence-electron chi connectivity index (χ4n) is 3.62. The van der Waals surface area contributed by atoms with Crippen LogP contribution in [0.3, 0.4) is 0 Å². The van der Waals surface area contributed by atoms with Gasteiger partial charge in [-0.2, -0.15) is 0 Å². The van der Waals surface area contributed by atoms with Crippen LogP contribution in [0.15, 0.2) is 82.3 Å². The van der Waals surface area contributed by atoms with Crippen molar-refractivity contribution in [3.05, 3.63) is 99.5 Å². The monoisotopic (exact) mass is 473 g/mol. The molecule has 4 aromatic rings. The minimum atomic E-state index is 0.451. The van der Waals surface area contributed by atoms with Crippen LogP contribution >= 0.6 is 15.9 Å². The fraction of sp³-hybridized carbons (Fsp3) is 0.148. The fourth-order valence-corrected chi connectivity index (χ4v) is 4.19. The molecule has 4 rings (SSSR count). The van der Waals surface area contributed by atoms with Crippen molar-refractivity contribution in [3.63, 3.8) is 0 Å². The Hall–Kier alpha value is -3.11. The van der Waals surface area contributed by atoms with Crippen molar-refractivity contribution < 1.29 is 9.47 Å². The summed E-state index contributed by atoms with van der Waals surface area (Å²) in [5.74, 6) is 1.34. The Labute approximate surface area is 191 Å². The Morgan fingerprint density at radius 2 is 1.74 bits per heavy atom. The van der Waals surface area contributed by atoms with E-state index < -0.39 is 0 Å². The molecular formula is C27H24BrNO2. The zero-order valence-corrected chi connectivity index (χ0v) is 19.4. The molecular weight excluding hydrogens is 450 g/mol. The second-order valence-corrected chi connectivity index (χ2v) is 8.36. The average Bonchev–Trinajstić information content (AvgIpc) is 2.77. The maximum Gasteiger partial charge on any atom is 0.175 e. The molecule has 156 valence electrons. The Morgan fingerprint density at radius 1 is 0.935 bits per heavy atom. The van der Waals surface area contributed by atoms with E-state index in [4.69, 9.17) is 9.47 Å². The van der Waals surface area contributed by atoms with Gasteiger partial charge in [0.05, 0.1) is 17.3 Å². The number of hydrogen-bond donors (Lipinski definition) is 0. The van der Waals surface area contributed by atoms with E-state index in [2.05, 4.69) is 77.2 Å². The molecule has 0 aromatic heterocycles. The summed E-state index contributed by atoms with van der Waals surface area (Å²) in [7, 11) is 1.65. The van der Waals surface area contributed by atoms with Crippen molar-refractivity contribution in [3.8, 4) is 11.5 Å². The Morgan fingerprint density at radius 3 is 2.55 bits per heavy atom. The van der Waals surface area contributed by atoms with Gasteiger partial charge in [-0.1, -0.05) is 60.2 Å². The zero-order valence-electron chi connectivity index (χ0n) is 17.9. The van der Waals surface area contributed by atoms with Gasteiger partial charge in [0.2, 0.25) is 0 Å². The third-order valence-electron chi connectivity index (χ3n) is 5.21. The summed E-state index contributed by atoms with van der Waals surface area (Å²) in [6.45, 7) is 4.60. The number of methoxy groups -OCH3 is 1. The number of ether oxygens (including phenoxy) is 2. The maximum absolute atomic E-state index is 6.19. The summed E-state index contributed by atoms with van der Waals surface area (Å²) >= 11 is 3.65. The van der Waals surface area contributed by atoms with E-state index >= 15 is 0 Å². The quantitative estimate of drug-likeness (QED) is 0.270. The van der Waals surface area contributed by atoms with Gasteiger partial charge in [0, 0.05) is 6.21 Å². The highest BCUT2D eigenvalue weighted by Crippen LogP contribution is 2.37. The first-order chi connectivity index (χ1) is 15.0. The summed E-state index contributed by atoms with van der Waals surface area (Å²) < 4.78 is 12.6. The molecule has 3 nitrogen and oxygen atoms in total. The van der Waals surface area contributed by atoms with Crippen molar-refractivity contribution in [2.75, 3.05) is 7.11 Å².